The summed E-state index contributed by atoms with van der Waals surface area (Å²) in [5, 5.41) is 11.7. The van der Waals surface area contributed by atoms with E-state index in [1.165, 1.54) is 18.4 Å². The molecular weight excluding hydrogens is 268 g/mol. The summed E-state index contributed by atoms with van der Waals surface area (Å²) in [6, 6.07) is 7.83. The zero-order valence-corrected chi connectivity index (χ0v) is 11.9. The van der Waals surface area contributed by atoms with Gasteiger partial charge in [0.15, 0.2) is 0 Å². The first kappa shape index (κ1) is 14.1. The molecule has 0 aromatic heterocycles. The van der Waals surface area contributed by atoms with Crippen LogP contribution in [0.4, 0.5) is 5.69 Å². The summed E-state index contributed by atoms with van der Waals surface area (Å²) in [7, 11) is 0. The van der Waals surface area contributed by atoms with E-state index in [2.05, 4.69) is 16.3 Å². The van der Waals surface area contributed by atoms with Crippen molar-refractivity contribution in [2.45, 2.75) is 25.8 Å². The maximum absolute atomic E-state index is 12.0. The lowest BCUT2D eigenvalue weighted by molar-refractivity contribution is -0.139. The number of amides is 1. The van der Waals surface area contributed by atoms with E-state index >= 15 is 0 Å². The number of nitrogens with zero attached hydrogens (tertiary/aromatic N) is 1. The summed E-state index contributed by atoms with van der Waals surface area (Å²) in [6.45, 7) is 3.18. The van der Waals surface area contributed by atoms with Gasteiger partial charge in [0.1, 0.15) is 0 Å². The molecule has 1 saturated carbocycles. The quantitative estimate of drug-likeness (QED) is 0.868. The number of benzene rings is 1. The van der Waals surface area contributed by atoms with Crippen LogP contribution in [0.25, 0.3) is 0 Å². The molecule has 112 valence electrons. The van der Waals surface area contributed by atoms with Crippen LogP contribution in [0.3, 0.4) is 0 Å². The Morgan fingerprint density at radius 2 is 2.00 bits per heavy atom. The van der Waals surface area contributed by atoms with Crippen molar-refractivity contribution in [2.75, 3.05) is 18.4 Å². The highest BCUT2D eigenvalue weighted by Gasteiger charge is 2.48. The first-order valence-corrected chi connectivity index (χ1v) is 7.48. The summed E-state index contributed by atoms with van der Waals surface area (Å²) < 4.78 is 0. The second kappa shape index (κ2) is 5.85. The van der Waals surface area contributed by atoms with Crippen molar-refractivity contribution in [3.05, 3.63) is 29.8 Å². The minimum Gasteiger partial charge on any atom is -0.481 e. The normalized spacial score (nSPS) is 24.8. The van der Waals surface area contributed by atoms with Gasteiger partial charge in [-0.15, -0.1) is 0 Å². The van der Waals surface area contributed by atoms with Crippen molar-refractivity contribution in [1.29, 1.82) is 0 Å². The molecule has 2 aliphatic rings. The van der Waals surface area contributed by atoms with E-state index in [0.29, 0.717) is 6.42 Å². The Balaban J connectivity index is 1.58. The smallest absolute Gasteiger partial charge is 0.307 e. The Labute approximate surface area is 123 Å². The van der Waals surface area contributed by atoms with Gasteiger partial charge in [-0.2, -0.15) is 0 Å². The molecule has 2 atom stereocenters. The SMILES string of the molecule is O=C(O)C1CC1C(=O)Nc1cccc(CN2CCCC2)c1. The molecule has 2 N–H and O–H groups in total. The number of carbonyl (C=O) groups is 2. The van der Waals surface area contributed by atoms with Crippen LogP contribution in [-0.4, -0.2) is 35.0 Å². The van der Waals surface area contributed by atoms with Gasteiger partial charge in [-0.1, -0.05) is 12.1 Å². The number of aliphatic carboxylic acids is 1. The minimum absolute atomic E-state index is 0.180. The van der Waals surface area contributed by atoms with Gasteiger partial charge in [0, 0.05) is 12.2 Å². The second-order valence-corrected chi connectivity index (χ2v) is 5.96. The fourth-order valence-corrected chi connectivity index (χ4v) is 2.94. The van der Waals surface area contributed by atoms with E-state index in [0.717, 1.165) is 25.3 Å². The number of carbonyl (C=O) groups excluding carboxylic acids is 1. The van der Waals surface area contributed by atoms with Gasteiger partial charge in [-0.25, -0.2) is 0 Å². The van der Waals surface area contributed by atoms with E-state index < -0.39 is 11.9 Å². The van der Waals surface area contributed by atoms with E-state index in [4.69, 9.17) is 5.11 Å². The van der Waals surface area contributed by atoms with E-state index in [-0.39, 0.29) is 11.8 Å². The molecule has 5 heteroatoms. The third-order valence-electron chi connectivity index (χ3n) is 4.24. The molecular formula is C16H20N2O3. The molecule has 1 amide bonds. The molecule has 1 aliphatic heterocycles. The van der Waals surface area contributed by atoms with Crippen LogP contribution in [0.15, 0.2) is 24.3 Å². The molecule has 1 aromatic carbocycles. The van der Waals surface area contributed by atoms with Crippen LogP contribution < -0.4 is 5.32 Å². The lowest BCUT2D eigenvalue weighted by Gasteiger charge is -2.15. The number of carboxylic acids is 1. The largest absolute Gasteiger partial charge is 0.481 e. The van der Waals surface area contributed by atoms with Crippen molar-refractivity contribution in [2.24, 2.45) is 11.8 Å². The standard InChI is InChI=1S/C16H20N2O3/c19-15(13-9-14(13)16(20)21)17-12-5-3-4-11(8-12)10-18-6-1-2-7-18/h3-5,8,13-14H,1-2,6-7,9-10H2,(H,17,19)(H,20,21). The molecule has 1 aromatic rings. The molecule has 21 heavy (non-hydrogen) atoms. The topological polar surface area (TPSA) is 69.6 Å². The summed E-state index contributed by atoms with van der Waals surface area (Å²) in [4.78, 5) is 25.2. The zero-order chi connectivity index (χ0) is 14.8. The van der Waals surface area contributed by atoms with E-state index in [1.807, 2.05) is 18.2 Å². The first-order chi connectivity index (χ1) is 10.1. The predicted octanol–water partition coefficient (Wildman–Crippen LogP) is 1.94. The average molecular weight is 288 g/mol. The van der Waals surface area contributed by atoms with Crippen LogP contribution in [0, 0.1) is 11.8 Å². The van der Waals surface area contributed by atoms with Crippen molar-refractivity contribution in [3.8, 4) is 0 Å². The number of hydrogen-bond donors (Lipinski definition) is 2. The number of rotatable bonds is 5. The molecule has 0 bridgehead atoms. The van der Waals surface area contributed by atoms with Gasteiger partial charge in [-0.3, -0.25) is 14.5 Å². The van der Waals surface area contributed by atoms with Gasteiger partial charge in [0.25, 0.3) is 0 Å². The fourth-order valence-electron chi connectivity index (χ4n) is 2.94. The van der Waals surface area contributed by atoms with Crippen molar-refractivity contribution in [3.63, 3.8) is 0 Å². The number of carboxylic acid groups (broad SMARTS) is 1. The Morgan fingerprint density at radius 1 is 1.24 bits per heavy atom. The first-order valence-electron chi connectivity index (χ1n) is 7.48. The second-order valence-electron chi connectivity index (χ2n) is 5.96. The van der Waals surface area contributed by atoms with Crippen LogP contribution >= 0.6 is 0 Å². The molecule has 1 heterocycles. The molecule has 1 aliphatic carbocycles. The zero-order valence-electron chi connectivity index (χ0n) is 11.9. The van der Waals surface area contributed by atoms with Crippen molar-refractivity contribution in [1.82, 2.24) is 4.90 Å². The van der Waals surface area contributed by atoms with E-state index in [9.17, 15) is 9.59 Å². The molecule has 0 spiro atoms. The summed E-state index contributed by atoms with van der Waals surface area (Å²) in [6.07, 6.45) is 2.97. The van der Waals surface area contributed by atoms with Gasteiger partial charge in [0.05, 0.1) is 11.8 Å². The van der Waals surface area contributed by atoms with Crippen LogP contribution in [0.1, 0.15) is 24.8 Å². The maximum Gasteiger partial charge on any atom is 0.307 e. The molecule has 3 rings (SSSR count). The lowest BCUT2D eigenvalue weighted by atomic mass is 10.2. The highest BCUT2D eigenvalue weighted by molar-refractivity contribution is 5.98. The molecule has 2 unspecified atom stereocenters. The van der Waals surface area contributed by atoms with E-state index in [1.54, 1.807) is 0 Å². The Bertz CT molecular complexity index is 552. The Hall–Kier alpha value is -1.88. The van der Waals surface area contributed by atoms with Gasteiger partial charge < -0.3 is 10.4 Å². The van der Waals surface area contributed by atoms with Crippen LogP contribution in [-0.2, 0) is 16.1 Å². The predicted molar refractivity (Wildman–Crippen MR) is 78.8 cm³/mol. The number of nitrogens with one attached hydrogen (secondary N) is 1. The number of likely N-dealkylation sites (tertiary alicyclic amines) is 1. The molecule has 2 fully saturated rings. The van der Waals surface area contributed by atoms with Gasteiger partial charge in [0.2, 0.25) is 5.91 Å². The molecule has 0 radical (unpaired) electrons. The van der Waals surface area contributed by atoms with Crippen molar-refractivity contribution < 1.29 is 14.7 Å². The minimum atomic E-state index is -0.877. The average Bonchev–Trinajstić information content (AvgIpc) is 3.11. The van der Waals surface area contributed by atoms with Crippen molar-refractivity contribution >= 4 is 17.6 Å². The fraction of sp³-hybridized carbons (Fsp3) is 0.500. The van der Waals surface area contributed by atoms with Crippen LogP contribution in [0.2, 0.25) is 0 Å². The number of anilines is 1. The highest BCUT2D eigenvalue weighted by atomic mass is 16.4. The third-order valence-corrected chi connectivity index (χ3v) is 4.24. The van der Waals surface area contributed by atoms with Gasteiger partial charge in [-0.05, 0) is 50.0 Å². The summed E-state index contributed by atoms with van der Waals surface area (Å²) in [5.74, 6) is -1.93. The Kier molecular flexibility index (Phi) is 3.92. The Morgan fingerprint density at radius 3 is 2.67 bits per heavy atom. The highest BCUT2D eigenvalue weighted by Crippen LogP contribution is 2.39. The molecule has 1 saturated heterocycles. The molecule has 5 nitrogen and oxygen atoms in total. The monoisotopic (exact) mass is 288 g/mol. The number of hydrogen-bond acceptors (Lipinski definition) is 3. The maximum atomic E-state index is 12.0. The van der Waals surface area contributed by atoms with Gasteiger partial charge >= 0.3 is 5.97 Å². The van der Waals surface area contributed by atoms with Crippen LogP contribution in [0.5, 0.6) is 0 Å². The lowest BCUT2D eigenvalue weighted by Crippen LogP contribution is -2.19. The third kappa shape index (κ3) is 3.42. The summed E-state index contributed by atoms with van der Waals surface area (Å²) in [5.41, 5.74) is 1.94. The summed E-state index contributed by atoms with van der Waals surface area (Å²) >= 11 is 0.